The van der Waals surface area contributed by atoms with E-state index in [0.717, 1.165) is 28.8 Å². The largest absolute Gasteiger partial charge is 0.310 e. The first-order valence-corrected chi connectivity index (χ1v) is 6.56. The van der Waals surface area contributed by atoms with Crippen molar-refractivity contribution in [1.29, 1.82) is 0 Å². The summed E-state index contributed by atoms with van der Waals surface area (Å²) >= 11 is 0. The van der Waals surface area contributed by atoms with Crippen molar-refractivity contribution in [3.8, 4) is 11.1 Å². The number of aromatic nitrogens is 1. The van der Waals surface area contributed by atoms with Crippen LogP contribution in [0, 0.1) is 12.7 Å². The molecule has 0 saturated heterocycles. The third-order valence-corrected chi connectivity index (χ3v) is 3.18. The zero-order chi connectivity index (χ0) is 13.8. The maximum atomic E-state index is 13.5. The molecule has 0 saturated carbocycles. The first-order chi connectivity index (χ1) is 9.11. The van der Waals surface area contributed by atoms with Crippen molar-refractivity contribution in [2.75, 3.05) is 6.54 Å². The summed E-state index contributed by atoms with van der Waals surface area (Å²) in [5.74, 6) is -0.219. The number of hydrogen-bond donors (Lipinski definition) is 1. The van der Waals surface area contributed by atoms with Gasteiger partial charge in [-0.15, -0.1) is 0 Å². The van der Waals surface area contributed by atoms with E-state index in [9.17, 15) is 4.39 Å². The number of pyridine rings is 1. The molecule has 1 aromatic carbocycles. The second-order valence-electron chi connectivity index (χ2n) is 4.76. The minimum Gasteiger partial charge on any atom is -0.310 e. The second kappa shape index (κ2) is 5.93. The Morgan fingerprint density at radius 1 is 1.26 bits per heavy atom. The number of halogens is 1. The molecule has 0 aliphatic heterocycles. The Bertz CT molecular complexity index is 566. The van der Waals surface area contributed by atoms with E-state index >= 15 is 0 Å². The third-order valence-electron chi connectivity index (χ3n) is 3.18. The minimum atomic E-state index is -0.219. The van der Waals surface area contributed by atoms with E-state index in [1.807, 2.05) is 19.1 Å². The van der Waals surface area contributed by atoms with E-state index in [1.165, 1.54) is 6.07 Å². The number of hydrogen-bond acceptors (Lipinski definition) is 2. The summed E-state index contributed by atoms with van der Waals surface area (Å²) < 4.78 is 13.5. The van der Waals surface area contributed by atoms with Crippen LogP contribution in [0.25, 0.3) is 11.1 Å². The van der Waals surface area contributed by atoms with Gasteiger partial charge in [-0.25, -0.2) is 4.39 Å². The van der Waals surface area contributed by atoms with Crippen molar-refractivity contribution in [3.05, 3.63) is 53.6 Å². The van der Waals surface area contributed by atoms with Crippen LogP contribution in [0.5, 0.6) is 0 Å². The van der Waals surface area contributed by atoms with Crippen molar-refractivity contribution in [3.63, 3.8) is 0 Å². The van der Waals surface area contributed by atoms with Gasteiger partial charge < -0.3 is 5.32 Å². The Kier molecular flexibility index (Phi) is 4.27. The number of benzene rings is 1. The van der Waals surface area contributed by atoms with Crippen LogP contribution in [0.3, 0.4) is 0 Å². The van der Waals surface area contributed by atoms with Crippen LogP contribution in [-0.4, -0.2) is 11.5 Å². The van der Waals surface area contributed by atoms with Gasteiger partial charge in [-0.2, -0.15) is 0 Å². The fraction of sp³-hybridized carbons (Fsp3) is 0.312. The molecule has 1 unspecified atom stereocenters. The Labute approximate surface area is 113 Å². The summed E-state index contributed by atoms with van der Waals surface area (Å²) in [5.41, 5.74) is 4.03. The van der Waals surface area contributed by atoms with Gasteiger partial charge in [-0.05, 0) is 55.3 Å². The fourth-order valence-corrected chi connectivity index (χ4v) is 2.27. The van der Waals surface area contributed by atoms with E-state index in [0.29, 0.717) is 0 Å². The molecule has 0 fully saturated rings. The van der Waals surface area contributed by atoms with E-state index in [-0.39, 0.29) is 11.9 Å². The Hall–Kier alpha value is -1.74. The Morgan fingerprint density at radius 2 is 2.05 bits per heavy atom. The molecule has 100 valence electrons. The summed E-state index contributed by atoms with van der Waals surface area (Å²) in [7, 11) is 0. The molecular formula is C16H19FN2. The molecule has 2 aromatic rings. The van der Waals surface area contributed by atoms with Crippen LogP contribution in [0.15, 0.2) is 36.7 Å². The predicted octanol–water partition coefficient (Wildman–Crippen LogP) is 3.87. The standard InChI is InChI=1S/C16H19FN2/c1-4-19-12(3)15-6-5-14(17)8-16(15)13-7-11(2)9-18-10-13/h5-10,12,19H,4H2,1-3H3. The molecule has 1 heterocycles. The SMILES string of the molecule is CCNC(C)c1ccc(F)cc1-c1cncc(C)c1. The zero-order valence-corrected chi connectivity index (χ0v) is 11.6. The topological polar surface area (TPSA) is 24.9 Å². The second-order valence-corrected chi connectivity index (χ2v) is 4.76. The molecule has 19 heavy (non-hydrogen) atoms. The van der Waals surface area contributed by atoms with Gasteiger partial charge in [0.25, 0.3) is 0 Å². The van der Waals surface area contributed by atoms with E-state index in [4.69, 9.17) is 0 Å². The third kappa shape index (κ3) is 3.18. The van der Waals surface area contributed by atoms with Crippen molar-refractivity contribution < 1.29 is 4.39 Å². The van der Waals surface area contributed by atoms with Gasteiger partial charge in [0.2, 0.25) is 0 Å². The molecule has 2 rings (SSSR count). The van der Waals surface area contributed by atoms with Crippen LogP contribution in [0.1, 0.15) is 31.0 Å². The first kappa shape index (κ1) is 13.7. The lowest BCUT2D eigenvalue weighted by atomic mass is 9.95. The summed E-state index contributed by atoms with van der Waals surface area (Å²) in [6.45, 7) is 7.02. The smallest absolute Gasteiger partial charge is 0.123 e. The number of rotatable bonds is 4. The molecule has 1 N–H and O–H groups in total. The highest BCUT2D eigenvalue weighted by Crippen LogP contribution is 2.29. The molecule has 0 bridgehead atoms. The van der Waals surface area contributed by atoms with Crippen molar-refractivity contribution >= 4 is 0 Å². The summed E-state index contributed by atoms with van der Waals surface area (Å²) in [6.07, 6.45) is 3.58. The van der Waals surface area contributed by atoms with Crippen molar-refractivity contribution in [1.82, 2.24) is 10.3 Å². The van der Waals surface area contributed by atoms with E-state index in [1.54, 1.807) is 18.5 Å². The van der Waals surface area contributed by atoms with Gasteiger partial charge in [-0.1, -0.05) is 13.0 Å². The summed E-state index contributed by atoms with van der Waals surface area (Å²) in [5, 5.41) is 3.36. The molecule has 0 amide bonds. The van der Waals surface area contributed by atoms with E-state index in [2.05, 4.69) is 24.1 Å². The lowest BCUT2D eigenvalue weighted by molar-refractivity contribution is 0.593. The quantitative estimate of drug-likeness (QED) is 0.900. The minimum absolute atomic E-state index is 0.182. The number of aryl methyl sites for hydroxylation is 1. The lowest BCUT2D eigenvalue weighted by Gasteiger charge is -2.17. The van der Waals surface area contributed by atoms with Crippen LogP contribution in [-0.2, 0) is 0 Å². The van der Waals surface area contributed by atoms with Gasteiger partial charge in [0.15, 0.2) is 0 Å². The highest BCUT2D eigenvalue weighted by atomic mass is 19.1. The molecule has 0 radical (unpaired) electrons. The highest BCUT2D eigenvalue weighted by molar-refractivity contribution is 5.67. The fourth-order valence-electron chi connectivity index (χ4n) is 2.27. The van der Waals surface area contributed by atoms with E-state index < -0.39 is 0 Å². The Balaban J connectivity index is 2.51. The normalized spacial score (nSPS) is 12.4. The summed E-state index contributed by atoms with van der Waals surface area (Å²) in [6, 6.07) is 7.15. The highest BCUT2D eigenvalue weighted by Gasteiger charge is 2.12. The van der Waals surface area contributed by atoms with Crippen LogP contribution >= 0.6 is 0 Å². The molecule has 0 spiro atoms. The summed E-state index contributed by atoms with van der Waals surface area (Å²) in [4.78, 5) is 4.19. The van der Waals surface area contributed by atoms with Crippen molar-refractivity contribution in [2.24, 2.45) is 0 Å². The maximum Gasteiger partial charge on any atom is 0.123 e. The van der Waals surface area contributed by atoms with Crippen molar-refractivity contribution in [2.45, 2.75) is 26.8 Å². The molecule has 1 aromatic heterocycles. The van der Waals surface area contributed by atoms with Gasteiger partial charge in [0.1, 0.15) is 5.82 Å². The lowest BCUT2D eigenvalue weighted by Crippen LogP contribution is -2.18. The van der Waals surface area contributed by atoms with Crippen LogP contribution < -0.4 is 5.32 Å². The van der Waals surface area contributed by atoms with Gasteiger partial charge >= 0.3 is 0 Å². The average molecular weight is 258 g/mol. The van der Waals surface area contributed by atoms with Gasteiger partial charge in [0.05, 0.1) is 0 Å². The van der Waals surface area contributed by atoms with Gasteiger partial charge in [-0.3, -0.25) is 4.98 Å². The first-order valence-electron chi connectivity index (χ1n) is 6.56. The number of nitrogens with one attached hydrogen (secondary N) is 1. The van der Waals surface area contributed by atoms with Crippen LogP contribution in [0.4, 0.5) is 4.39 Å². The molecule has 0 aliphatic rings. The molecule has 1 atom stereocenters. The van der Waals surface area contributed by atoms with Crippen LogP contribution in [0.2, 0.25) is 0 Å². The predicted molar refractivity (Wildman–Crippen MR) is 76.5 cm³/mol. The molecular weight excluding hydrogens is 239 g/mol. The molecule has 3 heteroatoms. The average Bonchev–Trinajstić information content (AvgIpc) is 2.39. The van der Waals surface area contributed by atoms with Gasteiger partial charge in [0, 0.05) is 24.0 Å². The Morgan fingerprint density at radius 3 is 2.74 bits per heavy atom. The monoisotopic (exact) mass is 258 g/mol. The zero-order valence-electron chi connectivity index (χ0n) is 11.6. The molecule has 2 nitrogen and oxygen atoms in total. The molecule has 0 aliphatic carbocycles. The number of nitrogens with zero attached hydrogens (tertiary/aromatic N) is 1. The maximum absolute atomic E-state index is 13.5.